The van der Waals surface area contributed by atoms with Crippen LogP contribution in [-0.2, 0) is 14.3 Å². The fourth-order valence-electron chi connectivity index (χ4n) is 3.48. The summed E-state index contributed by atoms with van der Waals surface area (Å²) in [6.45, 7) is 1.41. The third-order valence-electron chi connectivity index (χ3n) is 4.68. The molecule has 0 spiro atoms. The lowest BCUT2D eigenvalue weighted by molar-refractivity contribution is -0.153. The molecule has 1 aliphatic heterocycles. The first-order chi connectivity index (χ1) is 8.84. The number of hydrogen-bond acceptors (Lipinski definition) is 3. The molecule has 0 aromatic heterocycles. The number of hydrogen-bond donors (Lipinski definition) is 0. The number of esters is 1. The molecule has 1 saturated carbocycles. The molecule has 3 rings (SSSR count). The molecule has 0 amide bonds. The molecule has 0 N–H and O–H groups in total. The first-order valence-corrected chi connectivity index (χ1v) is 7.29. The zero-order chi connectivity index (χ0) is 12.4. The molecule has 100 valence electrons. The number of carbonyl (C=O) groups is 1. The molecule has 0 aromatic carbocycles. The van der Waals surface area contributed by atoms with Crippen molar-refractivity contribution in [2.75, 3.05) is 13.2 Å². The third kappa shape index (κ3) is 2.46. The van der Waals surface area contributed by atoms with E-state index in [1.807, 2.05) is 0 Å². The van der Waals surface area contributed by atoms with Gasteiger partial charge in [-0.2, -0.15) is 0 Å². The molecule has 2 fully saturated rings. The Balaban J connectivity index is 1.74. The fraction of sp³-hybridized carbons (Fsp3) is 0.800. The summed E-state index contributed by atoms with van der Waals surface area (Å²) in [7, 11) is 0. The van der Waals surface area contributed by atoms with E-state index < -0.39 is 0 Å². The maximum atomic E-state index is 12.1. The summed E-state index contributed by atoms with van der Waals surface area (Å²) < 4.78 is 11.6. The number of fused-ring (bicyclic) bond motifs is 2. The van der Waals surface area contributed by atoms with Crippen LogP contribution in [0.4, 0.5) is 0 Å². The van der Waals surface area contributed by atoms with Crippen LogP contribution in [0.15, 0.2) is 12.2 Å². The van der Waals surface area contributed by atoms with Gasteiger partial charge in [-0.1, -0.05) is 25.0 Å². The van der Waals surface area contributed by atoms with Crippen molar-refractivity contribution >= 4 is 5.97 Å². The van der Waals surface area contributed by atoms with E-state index in [-0.39, 0.29) is 18.0 Å². The zero-order valence-corrected chi connectivity index (χ0v) is 10.8. The second-order valence-electron chi connectivity index (χ2n) is 5.84. The van der Waals surface area contributed by atoms with E-state index in [4.69, 9.17) is 9.47 Å². The highest BCUT2D eigenvalue weighted by molar-refractivity contribution is 5.73. The highest BCUT2D eigenvalue weighted by Gasteiger charge is 2.35. The van der Waals surface area contributed by atoms with Gasteiger partial charge in [0.15, 0.2) is 0 Å². The third-order valence-corrected chi connectivity index (χ3v) is 4.68. The number of carbonyl (C=O) groups excluding carboxylic acids is 1. The summed E-state index contributed by atoms with van der Waals surface area (Å²) in [5.74, 6) is 0.984. The summed E-state index contributed by atoms with van der Waals surface area (Å²) in [5.41, 5.74) is 0. The molecule has 0 aromatic rings. The molecule has 0 unspecified atom stereocenters. The quantitative estimate of drug-likeness (QED) is 0.490. The van der Waals surface area contributed by atoms with Gasteiger partial charge in [0.05, 0.1) is 25.2 Å². The molecular formula is C15H22O3. The van der Waals surface area contributed by atoms with E-state index in [0.29, 0.717) is 18.4 Å². The van der Waals surface area contributed by atoms with Crippen LogP contribution < -0.4 is 0 Å². The lowest BCUT2D eigenvalue weighted by Gasteiger charge is -2.30. The first-order valence-electron chi connectivity index (χ1n) is 7.29. The minimum atomic E-state index is -0.0739. The summed E-state index contributed by atoms with van der Waals surface area (Å²) in [5, 5.41) is 0. The van der Waals surface area contributed by atoms with E-state index >= 15 is 0 Å². The Morgan fingerprint density at radius 1 is 1.06 bits per heavy atom. The van der Waals surface area contributed by atoms with Gasteiger partial charge in [0.25, 0.3) is 0 Å². The number of cyclic esters (lactones) is 1. The summed E-state index contributed by atoms with van der Waals surface area (Å²) in [6, 6.07) is 0. The standard InChI is InChI=1S/C15H22O3/c16-15-13-7-3-4-8-14(13)17-9-11-5-1-2-6-12(11)10-18-15/h4,8,11-14H,1-3,5-7,9-10H2/t11-,12+,13-,14-/m0/s1. The van der Waals surface area contributed by atoms with Gasteiger partial charge in [0, 0.05) is 0 Å². The Morgan fingerprint density at radius 3 is 2.67 bits per heavy atom. The van der Waals surface area contributed by atoms with Gasteiger partial charge in [-0.3, -0.25) is 4.79 Å². The monoisotopic (exact) mass is 250 g/mol. The van der Waals surface area contributed by atoms with Crippen molar-refractivity contribution in [3.63, 3.8) is 0 Å². The Labute approximate surface area is 109 Å². The second kappa shape index (κ2) is 5.43. The van der Waals surface area contributed by atoms with Crippen LogP contribution in [0.25, 0.3) is 0 Å². The molecular weight excluding hydrogens is 228 g/mol. The van der Waals surface area contributed by atoms with Crippen molar-refractivity contribution in [1.29, 1.82) is 0 Å². The molecule has 1 saturated heterocycles. The average Bonchev–Trinajstić information content (AvgIpc) is 2.49. The summed E-state index contributed by atoms with van der Waals surface area (Å²) >= 11 is 0. The van der Waals surface area contributed by atoms with Gasteiger partial charge in [0.1, 0.15) is 0 Å². The second-order valence-corrected chi connectivity index (χ2v) is 5.84. The largest absolute Gasteiger partial charge is 0.465 e. The van der Waals surface area contributed by atoms with Crippen LogP contribution in [0.5, 0.6) is 0 Å². The molecule has 0 bridgehead atoms. The van der Waals surface area contributed by atoms with Crippen LogP contribution in [-0.4, -0.2) is 25.3 Å². The smallest absolute Gasteiger partial charge is 0.311 e. The summed E-state index contributed by atoms with van der Waals surface area (Å²) in [4.78, 5) is 12.1. The highest BCUT2D eigenvalue weighted by Crippen LogP contribution is 2.34. The van der Waals surface area contributed by atoms with E-state index in [1.54, 1.807) is 0 Å². The van der Waals surface area contributed by atoms with Crippen molar-refractivity contribution in [3.05, 3.63) is 12.2 Å². The topological polar surface area (TPSA) is 35.5 Å². The lowest BCUT2D eigenvalue weighted by atomic mass is 9.80. The highest BCUT2D eigenvalue weighted by atomic mass is 16.5. The molecule has 18 heavy (non-hydrogen) atoms. The summed E-state index contributed by atoms with van der Waals surface area (Å²) in [6.07, 6.45) is 10.9. The van der Waals surface area contributed by atoms with Crippen LogP contribution >= 0.6 is 0 Å². The Morgan fingerprint density at radius 2 is 1.83 bits per heavy atom. The van der Waals surface area contributed by atoms with Crippen molar-refractivity contribution in [2.24, 2.45) is 17.8 Å². The molecule has 3 nitrogen and oxygen atoms in total. The molecule has 3 heteroatoms. The maximum absolute atomic E-state index is 12.1. The molecule has 1 heterocycles. The van der Waals surface area contributed by atoms with Gasteiger partial charge < -0.3 is 9.47 Å². The van der Waals surface area contributed by atoms with Crippen LogP contribution in [0.2, 0.25) is 0 Å². The number of ether oxygens (including phenoxy) is 2. The van der Waals surface area contributed by atoms with E-state index in [9.17, 15) is 4.79 Å². The van der Waals surface area contributed by atoms with E-state index in [2.05, 4.69) is 12.2 Å². The minimum Gasteiger partial charge on any atom is -0.465 e. The molecule has 0 radical (unpaired) electrons. The normalized spacial score (nSPS) is 40.8. The van der Waals surface area contributed by atoms with Crippen molar-refractivity contribution in [2.45, 2.75) is 44.6 Å². The minimum absolute atomic E-state index is 0.0458. The van der Waals surface area contributed by atoms with Crippen molar-refractivity contribution in [3.8, 4) is 0 Å². The Hall–Kier alpha value is -0.830. The van der Waals surface area contributed by atoms with Crippen LogP contribution in [0, 0.1) is 17.8 Å². The maximum Gasteiger partial charge on any atom is 0.311 e. The Bertz CT molecular complexity index is 337. The predicted molar refractivity (Wildman–Crippen MR) is 68.0 cm³/mol. The van der Waals surface area contributed by atoms with Gasteiger partial charge in [-0.25, -0.2) is 0 Å². The molecule has 4 atom stereocenters. The van der Waals surface area contributed by atoms with E-state index in [0.717, 1.165) is 19.4 Å². The van der Waals surface area contributed by atoms with Gasteiger partial charge in [-0.15, -0.1) is 0 Å². The van der Waals surface area contributed by atoms with E-state index in [1.165, 1.54) is 25.7 Å². The van der Waals surface area contributed by atoms with Crippen molar-refractivity contribution in [1.82, 2.24) is 0 Å². The van der Waals surface area contributed by atoms with Crippen LogP contribution in [0.3, 0.4) is 0 Å². The van der Waals surface area contributed by atoms with Gasteiger partial charge in [-0.05, 0) is 37.5 Å². The fourth-order valence-corrected chi connectivity index (χ4v) is 3.48. The van der Waals surface area contributed by atoms with Crippen molar-refractivity contribution < 1.29 is 14.3 Å². The predicted octanol–water partition coefficient (Wildman–Crippen LogP) is 2.70. The average molecular weight is 250 g/mol. The Kier molecular flexibility index (Phi) is 3.69. The SMILES string of the molecule is O=C1OC[C@H]2CCCC[C@H]2CO[C@H]2C=CCC[C@H]12. The molecule has 2 aliphatic carbocycles. The van der Waals surface area contributed by atoms with Gasteiger partial charge in [0.2, 0.25) is 0 Å². The first kappa shape index (κ1) is 12.2. The molecule has 3 aliphatic rings. The van der Waals surface area contributed by atoms with Crippen LogP contribution in [0.1, 0.15) is 38.5 Å². The number of allylic oxidation sites excluding steroid dienone is 1. The lowest BCUT2D eigenvalue weighted by Crippen LogP contribution is -2.32. The zero-order valence-electron chi connectivity index (χ0n) is 10.8. The number of rotatable bonds is 0. The van der Waals surface area contributed by atoms with Gasteiger partial charge >= 0.3 is 5.97 Å².